The van der Waals surface area contributed by atoms with E-state index in [2.05, 4.69) is 11.6 Å². The first-order chi connectivity index (χ1) is 21.5. The Morgan fingerprint density at radius 2 is 1.89 bits per heavy atom. The zero-order chi connectivity index (χ0) is 32.2. The lowest BCUT2D eigenvalue weighted by atomic mass is 10.1. The van der Waals surface area contributed by atoms with E-state index < -0.39 is 26.2 Å². The van der Waals surface area contributed by atoms with E-state index in [1.807, 2.05) is 77.1 Å². The van der Waals surface area contributed by atoms with Gasteiger partial charge in [-0.25, -0.2) is 5.26 Å². The molecule has 4 aromatic rings. The van der Waals surface area contributed by atoms with Gasteiger partial charge in [0.05, 0.1) is 17.5 Å². The molecule has 1 aliphatic heterocycles. The fourth-order valence-corrected chi connectivity index (χ4v) is 6.74. The number of ether oxygens (including phenoxy) is 1. The summed E-state index contributed by atoms with van der Waals surface area (Å²) in [6, 6.07) is 21.2. The van der Waals surface area contributed by atoms with Crippen molar-refractivity contribution in [3.63, 3.8) is 0 Å². The molecule has 0 spiro atoms. The molecule has 1 unspecified atom stereocenters. The second-order valence-electron chi connectivity index (χ2n) is 10.5. The zero-order valence-corrected chi connectivity index (χ0v) is 27.1. The Balaban J connectivity index is 1.59. The van der Waals surface area contributed by atoms with Gasteiger partial charge in [-0.15, -0.1) is 8.90 Å². The van der Waals surface area contributed by atoms with Gasteiger partial charge in [-0.2, -0.15) is 8.42 Å². The molecule has 2 heterocycles. The number of fused-ring (bicyclic) bond motifs is 2. The van der Waals surface area contributed by atoms with E-state index in [9.17, 15) is 13.0 Å². The summed E-state index contributed by atoms with van der Waals surface area (Å²) in [5, 5.41) is 15.3. The Morgan fingerprint density at radius 1 is 1.11 bits per heavy atom. The third-order valence-corrected chi connectivity index (χ3v) is 10.2. The minimum absolute atomic E-state index is 0.166. The highest BCUT2D eigenvalue weighted by molar-refractivity contribution is 8.30. The van der Waals surface area contributed by atoms with Gasteiger partial charge >= 0.3 is 5.89 Å². The summed E-state index contributed by atoms with van der Waals surface area (Å²) in [4.78, 5) is 1.83. The molecule has 0 amide bonds. The van der Waals surface area contributed by atoms with Crippen LogP contribution in [0.25, 0.3) is 28.3 Å². The molecule has 0 aliphatic carbocycles. The fourth-order valence-electron chi connectivity index (χ4n) is 4.96. The van der Waals surface area contributed by atoms with Crippen LogP contribution in [-0.2, 0) is 25.4 Å². The van der Waals surface area contributed by atoms with Crippen molar-refractivity contribution in [3.05, 3.63) is 107 Å². The van der Waals surface area contributed by atoms with E-state index in [-0.39, 0.29) is 18.8 Å². The monoisotopic (exact) mass is 673 g/mol. The molecule has 3 aromatic carbocycles. The van der Waals surface area contributed by atoms with Crippen molar-refractivity contribution in [1.82, 2.24) is 0 Å². The predicted molar refractivity (Wildman–Crippen MR) is 177 cm³/mol. The van der Waals surface area contributed by atoms with Crippen LogP contribution in [0.5, 0.6) is 5.75 Å². The van der Waals surface area contributed by atoms with Crippen molar-refractivity contribution in [2.75, 3.05) is 23.5 Å². The van der Waals surface area contributed by atoms with Crippen molar-refractivity contribution in [1.29, 1.82) is 0 Å². The van der Waals surface area contributed by atoms with Gasteiger partial charge in [-0.3, -0.25) is 4.55 Å². The Labute approximate surface area is 268 Å². The molecule has 10 nitrogen and oxygen atoms in total. The highest BCUT2D eigenvalue weighted by Gasteiger charge is 2.31. The number of rotatable bonds is 13. The quantitative estimate of drug-likeness (QED) is 0.0635. The summed E-state index contributed by atoms with van der Waals surface area (Å²) in [5.41, 5.74) is 5.03. The number of aromatic nitrogens is 1. The molecule has 5 rings (SSSR count). The van der Waals surface area contributed by atoms with Crippen molar-refractivity contribution in [3.8, 4) is 16.9 Å². The molecule has 0 bridgehead atoms. The number of anilines is 1. The van der Waals surface area contributed by atoms with E-state index in [0.717, 1.165) is 22.2 Å². The molecule has 45 heavy (non-hydrogen) atoms. The molecule has 1 aromatic heterocycles. The van der Waals surface area contributed by atoms with E-state index in [0.29, 0.717) is 40.2 Å². The van der Waals surface area contributed by atoms with Crippen LogP contribution in [-0.4, -0.2) is 36.8 Å². The van der Waals surface area contributed by atoms with Crippen LogP contribution < -0.4 is 14.2 Å². The van der Waals surface area contributed by atoms with Crippen LogP contribution in [0.2, 0.25) is 5.02 Å². The van der Waals surface area contributed by atoms with Gasteiger partial charge < -0.3 is 14.1 Å². The van der Waals surface area contributed by atoms with Gasteiger partial charge in [0.15, 0.2) is 5.75 Å². The lowest BCUT2D eigenvalue weighted by molar-refractivity contribution is -0.659. The first kappa shape index (κ1) is 32.8. The number of halogens is 1. The normalized spacial score (nSPS) is 16.4. The average molecular weight is 674 g/mol. The molecular formula is C32H34ClN2O8S2+. The average Bonchev–Trinajstić information content (AvgIpc) is 3.52. The van der Waals surface area contributed by atoms with Gasteiger partial charge in [0.1, 0.15) is 0 Å². The Kier molecular flexibility index (Phi) is 10.0. The number of nitrogens with zero attached hydrogens (tertiary/aromatic N) is 2. The maximum absolute atomic E-state index is 11.4. The summed E-state index contributed by atoms with van der Waals surface area (Å²) in [6.45, 7) is 6.15. The van der Waals surface area contributed by atoms with E-state index in [1.165, 1.54) is 0 Å². The first-order valence-corrected chi connectivity index (χ1v) is 18.2. The summed E-state index contributed by atoms with van der Waals surface area (Å²) in [7, 11) is -6.27. The molecule has 1 atom stereocenters. The van der Waals surface area contributed by atoms with Gasteiger partial charge in [0, 0.05) is 23.7 Å². The lowest BCUT2D eigenvalue weighted by Crippen LogP contribution is -2.38. The molecule has 0 saturated carbocycles. The maximum atomic E-state index is 11.4. The lowest BCUT2D eigenvalue weighted by Gasteiger charge is -2.23. The highest BCUT2D eigenvalue weighted by atomic mass is 35.5. The summed E-state index contributed by atoms with van der Waals surface area (Å²) in [5.74, 6) is 1.44. The Hall–Kier alpha value is -3.62. The fraction of sp³-hybridized carbons (Fsp3) is 0.219. The SMILES string of the molecule is C=CS(C)(C[n+]1c(C=C(C=C2Oc3ccc(Cl)cc3N2CCCS(=O)(=O)O)CC)oc2ccc(-c3ccccc3)cc21)OOO. The van der Waals surface area contributed by atoms with Crippen LogP contribution in [0.4, 0.5) is 5.69 Å². The topological polar surface area (TPSA) is 123 Å². The number of allylic oxidation sites excluding steroid dienone is 2. The van der Waals surface area contributed by atoms with Gasteiger partial charge in [0.2, 0.25) is 17.3 Å². The zero-order valence-electron chi connectivity index (χ0n) is 24.8. The largest absolute Gasteiger partial charge is 0.439 e. The van der Waals surface area contributed by atoms with Gasteiger partial charge in [-0.1, -0.05) is 66.5 Å². The molecular weight excluding hydrogens is 640 g/mol. The Morgan fingerprint density at radius 3 is 2.58 bits per heavy atom. The number of hydrogen-bond acceptors (Lipinski definition) is 8. The van der Waals surface area contributed by atoms with Crippen LogP contribution in [0.1, 0.15) is 25.7 Å². The van der Waals surface area contributed by atoms with E-state index in [1.54, 1.807) is 29.9 Å². The first-order valence-electron chi connectivity index (χ1n) is 14.0. The molecule has 0 fully saturated rings. The van der Waals surface area contributed by atoms with E-state index >= 15 is 0 Å². The van der Waals surface area contributed by atoms with Crippen LogP contribution in [0.3, 0.4) is 0 Å². The van der Waals surface area contributed by atoms with Gasteiger partial charge in [-0.05, 0) is 75.8 Å². The molecule has 1 aliphatic rings. The van der Waals surface area contributed by atoms with Crippen LogP contribution in [0.15, 0.2) is 101 Å². The summed E-state index contributed by atoms with van der Waals surface area (Å²) in [6.07, 6.45) is 6.32. The number of benzene rings is 3. The summed E-state index contributed by atoms with van der Waals surface area (Å²) < 4.78 is 51.8. The Bertz CT molecular complexity index is 1870. The number of hydrogen-bond donors (Lipinski definition) is 2. The van der Waals surface area contributed by atoms with Gasteiger partial charge in [0.25, 0.3) is 15.6 Å². The standard InChI is InChI=1S/C32H33ClN2O8S2/c1-4-23(18-31-34(16-9-17-45(37,38)39)28-21-26(33)13-15-30(28)40-31)19-32-35(22-44(3,5-2)43-42-36)27-20-25(12-14-29(27)41-32)24-10-7-6-8-11-24/h5-8,10-15,18-21H,2,4,9,16-17,22H2,1,3H3,(H-,36,37,38,39)/p+1. The van der Waals surface area contributed by atoms with E-state index in [4.69, 9.17) is 30.3 Å². The second kappa shape index (κ2) is 13.8. The predicted octanol–water partition coefficient (Wildman–Crippen LogP) is 7.72. The van der Waals surface area contributed by atoms with Crippen molar-refractivity contribution in [2.24, 2.45) is 0 Å². The second-order valence-corrected chi connectivity index (χ2v) is 15.4. The maximum Gasteiger partial charge on any atom is 0.375 e. The third kappa shape index (κ3) is 7.79. The summed E-state index contributed by atoms with van der Waals surface area (Å²) >= 11 is 6.27. The molecule has 0 radical (unpaired) electrons. The minimum Gasteiger partial charge on any atom is -0.439 e. The number of oxazole rings is 1. The minimum atomic E-state index is -4.13. The third-order valence-electron chi connectivity index (χ3n) is 7.26. The van der Waals surface area contributed by atoms with Crippen LogP contribution in [0, 0.1) is 0 Å². The van der Waals surface area contributed by atoms with Crippen molar-refractivity contribution in [2.45, 2.75) is 25.6 Å². The highest BCUT2D eigenvalue weighted by Crippen LogP contribution is 2.47. The smallest absolute Gasteiger partial charge is 0.375 e. The van der Waals surface area contributed by atoms with Crippen LogP contribution >= 0.6 is 21.9 Å². The molecule has 13 heteroatoms. The molecule has 2 N–H and O–H groups in total. The van der Waals surface area contributed by atoms with Crippen molar-refractivity contribution < 1.29 is 41.3 Å². The molecule has 0 saturated heterocycles. The molecule has 238 valence electrons. The van der Waals surface area contributed by atoms with Crippen molar-refractivity contribution >= 4 is 54.9 Å².